The number of alkyl halides is 1. The van der Waals surface area contributed by atoms with Crippen LogP contribution in [0.15, 0.2) is 35.7 Å². The van der Waals surface area contributed by atoms with Crippen molar-refractivity contribution in [2.45, 2.75) is 48.1 Å². The fourth-order valence-electron chi connectivity index (χ4n) is 4.88. The zero-order chi connectivity index (χ0) is 19.3. The van der Waals surface area contributed by atoms with E-state index < -0.39 is 6.10 Å². The van der Waals surface area contributed by atoms with Crippen LogP contribution >= 0.6 is 23.4 Å². The molecule has 6 heteroatoms. The fourth-order valence-corrected chi connectivity index (χ4v) is 6.38. The number of allylic oxidation sites excluding steroid dienone is 1. The minimum Gasteiger partial charge on any atom is -0.392 e. The van der Waals surface area contributed by atoms with E-state index in [1.165, 1.54) is 5.56 Å². The van der Waals surface area contributed by atoms with Gasteiger partial charge in [0, 0.05) is 23.9 Å². The smallest absolute Gasteiger partial charge is 0.234 e. The summed E-state index contributed by atoms with van der Waals surface area (Å²) in [6, 6.07) is 8.85. The third-order valence-corrected chi connectivity index (χ3v) is 8.15. The highest BCUT2D eigenvalue weighted by Crippen LogP contribution is 2.51. The van der Waals surface area contributed by atoms with Crippen molar-refractivity contribution < 1.29 is 9.90 Å². The molecule has 4 rings (SSSR count). The molecule has 0 aromatic heterocycles. The van der Waals surface area contributed by atoms with Crippen LogP contribution in [0.1, 0.15) is 36.4 Å². The number of aliphatic hydroxyl groups excluding tert-OH is 1. The van der Waals surface area contributed by atoms with E-state index in [-0.39, 0.29) is 40.3 Å². The highest BCUT2D eigenvalue weighted by molar-refractivity contribution is 8.03. The van der Waals surface area contributed by atoms with Crippen LogP contribution < -0.4 is 5.32 Å². The lowest BCUT2D eigenvalue weighted by molar-refractivity contribution is -0.126. The first kappa shape index (κ1) is 19.3. The Labute approximate surface area is 170 Å². The van der Waals surface area contributed by atoms with Crippen LogP contribution in [0.3, 0.4) is 0 Å². The third-order valence-electron chi connectivity index (χ3n) is 6.57. The third kappa shape index (κ3) is 3.33. The number of nitrogens with one attached hydrogen (secondary N) is 1. The number of carbonyl (C=O) groups is 1. The molecule has 2 N–H and O–H groups in total. The van der Waals surface area contributed by atoms with E-state index in [4.69, 9.17) is 11.6 Å². The molecule has 0 spiro atoms. The highest BCUT2D eigenvalue weighted by atomic mass is 35.5. The Morgan fingerprint density at radius 2 is 2.00 bits per heavy atom. The molecule has 1 saturated heterocycles. The van der Waals surface area contributed by atoms with Gasteiger partial charge < -0.3 is 15.3 Å². The van der Waals surface area contributed by atoms with E-state index in [2.05, 4.69) is 61.6 Å². The van der Waals surface area contributed by atoms with Crippen LogP contribution in [0.25, 0.3) is 0 Å². The number of aliphatic hydroxyl groups is 1. The van der Waals surface area contributed by atoms with Crippen LogP contribution in [0.2, 0.25) is 0 Å². The largest absolute Gasteiger partial charge is 0.392 e. The summed E-state index contributed by atoms with van der Waals surface area (Å²) >= 11 is 8.16. The number of carbonyl (C=O) groups excluding carboxylic acids is 1. The number of rotatable bonds is 3. The molecule has 7 unspecified atom stereocenters. The Kier molecular flexibility index (Phi) is 5.32. The number of hydrogen-bond acceptors (Lipinski definition) is 4. The lowest BCUT2D eigenvalue weighted by Gasteiger charge is -2.50. The van der Waals surface area contributed by atoms with E-state index in [0.29, 0.717) is 12.5 Å². The monoisotopic (exact) mass is 406 g/mol. The van der Waals surface area contributed by atoms with E-state index in [9.17, 15) is 9.90 Å². The minimum atomic E-state index is -0.500. The molecule has 8 atom stereocenters. The van der Waals surface area contributed by atoms with Gasteiger partial charge >= 0.3 is 0 Å². The minimum absolute atomic E-state index is 0.0230. The Hall–Kier alpha value is -1.01. The molecule has 0 radical (unpaired) electrons. The molecular weight excluding hydrogens is 380 g/mol. The molecule has 3 aliphatic rings. The molecule has 4 nitrogen and oxygen atoms in total. The van der Waals surface area contributed by atoms with Crippen molar-refractivity contribution in [1.29, 1.82) is 0 Å². The van der Waals surface area contributed by atoms with Gasteiger partial charge in [-0.05, 0) is 49.9 Å². The molecule has 1 saturated carbocycles. The summed E-state index contributed by atoms with van der Waals surface area (Å²) in [5.74, 6) is 0.287. The van der Waals surface area contributed by atoms with Crippen LogP contribution in [0.5, 0.6) is 0 Å². The topological polar surface area (TPSA) is 52.6 Å². The van der Waals surface area contributed by atoms with E-state index in [1.54, 1.807) is 11.8 Å². The molecular formula is C21H27ClN2O2S. The molecule has 2 heterocycles. The molecule has 2 fully saturated rings. The number of benzene rings is 1. The predicted molar refractivity (Wildman–Crippen MR) is 111 cm³/mol. The number of fused-ring (bicyclic) bond motifs is 3. The Balaban J connectivity index is 1.68. The van der Waals surface area contributed by atoms with Gasteiger partial charge in [0.05, 0.1) is 16.7 Å². The van der Waals surface area contributed by atoms with E-state index >= 15 is 0 Å². The van der Waals surface area contributed by atoms with Crippen molar-refractivity contribution in [3.05, 3.63) is 46.9 Å². The van der Waals surface area contributed by atoms with Gasteiger partial charge in [0.25, 0.3) is 0 Å². The van der Waals surface area contributed by atoms with Gasteiger partial charge in [0.1, 0.15) is 0 Å². The summed E-state index contributed by atoms with van der Waals surface area (Å²) in [5, 5.41) is 15.8. The van der Waals surface area contributed by atoms with Crippen molar-refractivity contribution in [1.82, 2.24) is 10.2 Å². The Bertz CT molecular complexity index is 738. The fraction of sp³-hybridized carbons (Fsp3) is 0.571. The van der Waals surface area contributed by atoms with Gasteiger partial charge in [0.15, 0.2) is 0 Å². The zero-order valence-electron chi connectivity index (χ0n) is 15.9. The quantitative estimate of drug-likeness (QED) is 0.757. The molecule has 1 aromatic carbocycles. The Morgan fingerprint density at radius 3 is 2.67 bits per heavy atom. The molecule has 27 heavy (non-hydrogen) atoms. The second-order valence-electron chi connectivity index (χ2n) is 8.23. The molecule has 146 valence electrons. The molecule has 1 amide bonds. The highest BCUT2D eigenvalue weighted by Gasteiger charge is 2.54. The van der Waals surface area contributed by atoms with Crippen molar-refractivity contribution in [2.24, 2.45) is 11.8 Å². The maximum Gasteiger partial charge on any atom is 0.234 e. The van der Waals surface area contributed by atoms with E-state index in [0.717, 1.165) is 5.56 Å². The normalized spacial score (nSPS) is 39.0. The Morgan fingerprint density at radius 1 is 1.30 bits per heavy atom. The van der Waals surface area contributed by atoms with Crippen molar-refractivity contribution in [3.8, 4) is 0 Å². The maximum absolute atomic E-state index is 12.5. The van der Waals surface area contributed by atoms with Crippen molar-refractivity contribution in [3.63, 3.8) is 0 Å². The average molecular weight is 407 g/mol. The van der Waals surface area contributed by atoms with Crippen molar-refractivity contribution >= 4 is 29.3 Å². The van der Waals surface area contributed by atoms with Crippen LogP contribution in [0, 0.1) is 11.8 Å². The van der Waals surface area contributed by atoms with Gasteiger partial charge in [-0.1, -0.05) is 30.3 Å². The molecule has 1 aromatic rings. The van der Waals surface area contributed by atoms with Crippen molar-refractivity contribution in [2.75, 3.05) is 14.1 Å². The summed E-state index contributed by atoms with van der Waals surface area (Å²) in [6.45, 7) is 2.18. The summed E-state index contributed by atoms with van der Waals surface area (Å²) in [5.41, 5.74) is 2.39. The second-order valence-corrected chi connectivity index (χ2v) is 9.84. The zero-order valence-corrected chi connectivity index (χ0v) is 17.5. The molecule has 2 aliphatic heterocycles. The van der Waals surface area contributed by atoms with Gasteiger partial charge in [-0.2, -0.15) is 0 Å². The van der Waals surface area contributed by atoms with Gasteiger partial charge in [-0.15, -0.1) is 23.4 Å². The number of nitrogens with zero attached hydrogens (tertiary/aromatic N) is 1. The first-order valence-corrected chi connectivity index (χ1v) is 11.0. The summed E-state index contributed by atoms with van der Waals surface area (Å²) in [4.78, 5) is 14.7. The first-order chi connectivity index (χ1) is 12.9. The first-order valence-electron chi connectivity index (χ1n) is 9.59. The number of piperidine rings is 1. The summed E-state index contributed by atoms with van der Waals surface area (Å²) < 4.78 is 0. The predicted octanol–water partition coefficient (Wildman–Crippen LogP) is 3.12. The van der Waals surface area contributed by atoms with Crippen LogP contribution in [-0.4, -0.2) is 52.8 Å². The number of halogens is 1. The number of amides is 1. The number of thioether (sulfide) groups is 1. The van der Waals surface area contributed by atoms with Gasteiger partial charge in [-0.25, -0.2) is 0 Å². The lowest BCUT2D eigenvalue weighted by atomic mass is 9.63. The second kappa shape index (κ2) is 7.43. The molecule has 1 aliphatic carbocycles. The van der Waals surface area contributed by atoms with Gasteiger partial charge in [-0.3, -0.25) is 4.79 Å². The van der Waals surface area contributed by atoms with Crippen LogP contribution in [-0.2, 0) is 4.79 Å². The maximum atomic E-state index is 12.5. The van der Waals surface area contributed by atoms with E-state index in [1.807, 2.05) is 5.41 Å². The summed E-state index contributed by atoms with van der Waals surface area (Å²) in [6.07, 6.45) is 2.14. The SMILES string of the molecule is C[C@H](c1ccc(C2C(O)CC(Cl)C3NC(=O)C4SC=CC4C32)cc1)N(C)C. The lowest BCUT2D eigenvalue weighted by Crippen LogP contribution is -2.63. The number of hydrogen-bond donors (Lipinski definition) is 2. The standard InChI is InChI=1S/C21H27ClN2O2S/c1-11(24(2)3)12-4-6-13(7-5-12)17-16(25)10-15(22)19-18(17)14-8-9-27-20(14)21(26)23-19/h4-9,11,14-20,25H,10H2,1-3H3,(H,23,26)/t11-,14?,15?,16?,17?,18?,19?,20?/m1/s1. The van der Waals surface area contributed by atoms with Crippen LogP contribution in [0.4, 0.5) is 0 Å². The average Bonchev–Trinajstić information content (AvgIpc) is 3.13. The van der Waals surface area contributed by atoms with Gasteiger partial charge in [0.2, 0.25) is 5.91 Å². The summed E-state index contributed by atoms with van der Waals surface area (Å²) in [7, 11) is 4.15. The molecule has 0 bridgehead atoms.